The summed E-state index contributed by atoms with van der Waals surface area (Å²) in [5, 5.41) is 11.7. The van der Waals surface area contributed by atoms with Crippen LogP contribution in [0.15, 0.2) is 12.2 Å². The van der Waals surface area contributed by atoms with Gasteiger partial charge in [0.05, 0.1) is 11.8 Å². The molecule has 8 heteroatoms. The zero-order chi connectivity index (χ0) is 17.3. The number of nitrogens with zero attached hydrogens (tertiary/aromatic N) is 3. The number of nitrogens with one attached hydrogen (secondary N) is 1. The van der Waals surface area contributed by atoms with Crippen LogP contribution >= 0.6 is 11.3 Å². The third-order valence-electron chi connectivity index (χ3n) is 6.07. The second-order valence-electron chi connectivity index (χ2n) is 7.32. The quantitative estimate of drug-likeness (QED) is 0.643. The Morgan fingerprint density at radius 1 is 1.20 bits per heavy atom. The van der Waals surface area contributed by atoms with Crippen LogP contribution in [-0.4, -0.2) is 39.4 Å². The summed E-state index contributed by atoms with van der Waals surface area (Å²) in [6, 6.07) is 0. The number of amides is 3. The molecule has 6 atom stereocenters. The normalized spacial score (nSPS) is 37.2. The van der Waals surface area contributed by atoms with Crippen molar-refractivity contribution in [2.45, 2.75) is 19.8 Å². The number of aromatic nitrogens is 2. The van der Waals surface area contributed by atoms with Gasteiger partial charge in [-0.05, 0) is 36.5 Å². The third kappa shape index (κ3) is 2.13. The fourth-order valence-electron chi connectivity index (χ4n) is 4.92. The maximum atomic E-state index is 12.8. The summed E-state index contributed by atoms with van der Waals surface area (Å²) in [4.78, 5) is 39.1. The predicted octanol–water partition coefficient (Wildman–Crippen LogP) is 1.09. The van der Waals surface area contributed by atoms with Gasteiger partial charge in [0, 0.05) is 0 Å². The molecule has 0 spiro atoms. The van der Waals surface area contributed by atoms with E-state index in [2.05, 4.69) is 27.7 Å². The Hall–Kier alpha value is -2.09. The fourth-order valence-corrected chi connectivity index (χ4v) is 5.62. The number of anilines is 1. The molecule has 25 heavy (non-hydrogen) atoms. The Labute approximate surface area is 148 Å². The van der Waals surface area contributed by atoms with E-state index >= 15 is 0 Å². The number of hydrogen-bond acceptors (Lipinski definition) is 6. The standard InChI is InChI=1S/C17H18N4O3S/c1-2-12-19-20-17(25-12)18-11(22)6-21-15(23)13-7-3-4-8(10-5-9(7)10)14(13)16(21)24/h3-4,7-10,13-14H,2,5-6H2,1H3,(H,18,20,22)/t7-,8+,9-,10-,13+,14-/m1/s1. The van der Waals surface area contributed by atoms with E-state index in [4.69, 9.17) is 0 Å². The summed E-state index contributed by atoms with van der Waals surface area (Å²) in [5.74, 6) is 0.220. The Balaban J connectivity index is 1.31. The van der Waals surface area contributed by atoms with E-state index in [1.54, 1.807) is 0 Å². The predicted molar refractivity (Wildman–Crippen MR) is 89.3 cm³/mol. The Bertz CT molecular complexity index is 783. The highest BCUT2D eigenvalue weighted by Gasteiger charge is 2.67. The summed E-state index contributed by atoms with van der Waals surface area (Å²) >= 11 is 1.31. The van der Waals surface area contributed by atoms with Gasteiger partial charge < -0.3 is 0 Å². The maximum absolute atomic E-state index is 12.8. The molecule has 5 aliphatic rings. The van der Waals surface area contributed by atoms with Gasteiger partial charge in [-0.15, -0.1) is 10.2 Å². The highest BCUT2D eigenvalue weighted by Crippen LogP contribution is 2.65. The molecule has 3 fully saturated rings. The number of carbonyl (C=O) groups is 3. The molecule has 2 heterocycles. The largest absolute Gasteiger partial charge is 0.299 e. The number of imide groups is 1. The minimum atomic E-state index is -0.399. The van der Waals surface area contributed by atoms with E-state index in [1.807, 2.05) is 6.92 Å². The van der Waals surface area contributed by atoms with Crippen LogP contribution in [-0.2, 0) is 20.8 Å². The first-order valence-electron chi connectivity index (χ1n) is 8.74. The number of allylic oxidation sites excluding steroid dienone is 2. The van der Waals surface area contributed by atoms with Gasteiger partial charge in [0.2, 0.25) is 22.9 Å². The molecule has 2 saturated carbocycles. The topological polar surface area (TPSA) is 92.3 Å². The number of rotatable bonds is 4. The molecule has 1 aromatic rings. The summed E-state index contributed by atoms with van der Waals surface area (Å²) in [7, 11) is 0. The molecule has 0 unspecified atom stereocenters. The summed E-state index contributed by atoms with van der Waals surface area (Å²) in [5.41, 5.74) is 0. The molecule has 0 aromatic carbocycles. The van der Waals surface area contributed by atoms with Crippen LogP contribution in [0.1, 0.15) is 18.4 Å². The Morgan fingerprint density at radius 2 is 1.84 bits per heavy atom. The van der Waals surface area contributed by atoms with Crippen molar-refractivity contribution < 1.29 is 14.4 Å². The highest BCUT2D eigenvalue weighted by atomic mass is 32.1. The molecule has 2 bridgehead atoms. The fraction of sp³-hybridized carbons (Fsp3) is 0.588. The Morgan fingerprint density at radius 3 is 2.40 bits per heavy atom. The van der Waals surface area contributed by atoms with Crippen molar-refractivity contribution in [3.63, 3.8) is 0 Å². The van der Waals surface area contributed by atoms with Crippen molar-refractivity contribution in [3.8, 4) is 0 Å². The smallest absolute Gasteiger partial charge is 0.246 e. The number of aryl methyl sites for hydroxylation is 1. The Kier molecular flexibility index (Phi) is 3.16. The average Bonchev–Trinajstić information content (AvgIpc) is 3.27. The van der Waals surface area contributed by atoms with Gasteiger partial charge in [-0.3, -0.25) is 24.6 Å². The van der Waals surface area contributed by atoms with Crippen molar-refractivity contribution >= 4 is 34.2 Å². The molecular weight excluding hydrogens is 340 g/mol. The molecule has 1 saturated heterocycles. The molecule has 1 aromatic heterocycles. The molecule has 4 aliphatic carbocycles. The van der Waals surface area contributed by atoms with Gasteiger partial charge in [0.1, 0.15) is 11.6 Å². The first-order chi connectivity index (χ1) is 12.1. The number of carbonyl (C=O) groups excluding carboxylic acids is 3. The zero-order valence-electron chi connectivity index (χ0n) is 13.7. The summed E-state index contributed by atoms with van der Waals surface area (Å²) in [6.45, 7) is 1.72. The van der Waals surface area contributed by atoms with Gasteiger partial charge in [-0.2, -0.15) is 0 Å². The lowest BCUT2D eigenvalue weighted by Gasteiger charge is -2.37. The monoisotopic (exact) mass is 358 g/mol. The van der Waals surface area contributed by atoms with Gasteiger partial charge in [0.15, 0.2) is 0 Å². The molecule has 0 radical (unpaired) electrons. The lowest BCUT2D eigenvalue weighted by molar-refractivity contribution is -0.142. The summed E-state index contributed by atoms with van der Waals surface area (Å²) in [6.07, 6.45) is 6.13. The van der Waals surface area contributed by atoms with E-state index in [9.17, 15) is 14.4 Å². The van der Waals surface area contributed by atoms with Gasteiger partial charge in [-0.25, -0.2) is 0 Å². The van der Waals surface area contributed by atoms with Crippen LogP contribution in [0.3, 0.4) is 0 Å². The van der Waals surface area contributed by atoms with Crippen LogP contribution < -0.4 is 5.32 Å². The summed E-state index contributed by atoms with van der Waals surface area (Å²) < 4.78 is 0. The second-order valence-corrected chi connectivity index (χ2v) is 8.38. The molecule has 1 N–H and O–H groups in total. The molecule has 1 aliphatic heterocycles. The van der Waals surface area contributed by atoms with Crippen LogP contribution in [0.25, 0.3) is 0 Å². The second kappa shape index (κ2) is 5.20. The lowest BCUT2D eigenvalue weighted by atomic mass is 9.63. The van der Waals surface area contributed by atoms with Crippen LogP contribution in [0.2, 0.25) is 0 Å². The van der Waals surface area contributed by atoms with Crippen molar-refractivity contribution in [1.82, 2.24) is 15.1 Å². The van der Waals surface area contributed by atoms with Crippen LogP contribution in [0, 0.1) is 35.5 Å². The van der Waals surface area contributed by atoms with Crippen LogP contribution in [0.4, 0.5) is 5.13 Å². The highest BCUT2D eigenvalue weighted by molar-refractivity contribution is 7.15. The van der Waals surface area contributed by atoms with Crippen molar-refractivity contribution in [2.75, 3.05) is 11.9 Å². The first kappa shape index (κ1) is 15.2. The third-order valence-corrected chi connectivity index (χ3v) is 7.05. The lowest BCUT2D eigenvalue weighted by Crippen LogP contribution is -2.40. The minimum absolute atomic E-state index is 0.179. The SMILES string of the molecule is CCc1nnc(NC(=O)CN2C(=O)[C@@H]3[C@H]4C=C[C@H]([C@H]5C[C@H]45)[C@@H]3C2=O)s1. The van der Waals surface area contributed by atoms with Gasteiger partial charge >= 0.3 is 0 Å². The van der Waals surface area contributed by atoms with E-state index in [1.165, 1.54) is 11.3 Å². The van der Waals surface area contributed by atoms with Gasteiger partial charge in [-0.1, -0.05) is 30.4 Å². The van der Waals surface area contributed by atoms with Crippen molar-refractivity contribution in [2.24, 2.45) is 35.5 Å². The van der Waals surface area contributed by atoms with Crippen molar-refractivity contribution in [3.05, 3.63) is 17.2 Å². The first-order valence-corrected chi connectivity index (χ1v) is 9.56. The number of likely N-dealkylation sites (tertiary alicyclic amines) is 1. The minimum Gasteiger partial charge on any atom is -0.299 e. The maximum Gasteiger partial charge on any atom is 0.246 e. The molecular formula is C17H18N4O3S. The molecule has 7 nitrogen and oxygen atoms in total. The van der Waals surface area contributed by atoms with E-state index in [0.717, 1.165) is 22.7 Å². The zero-order valence-corrected chi connectivity index (χ0v) is 14.5. The molecule has 130 valence electrons. The molecule has 6 rings (SSSR count). The van der Waals surface area contributed by atoms with Crippen LogP contribution in [0.5, 0.6) is 0 Å². The van der Waals surface area contributed by atoms with E-state index in [0.29, 0.717) is 17.0 Å². The number of hydrogen-bond donors (Lipinski definition) is 1. The van der Waals surface area contributed by atoms with E-state index < -0.39 is 5.91 Å². The van der Waals surface area contributed by atoms with Gasteiger partial charge in [0.25, 0.3) is 0 Å². The molecule has 3 amide bonds. The van der Waals surface area contributed by atoms with E-state index in [-0.39, 0.29) is 42.0 Å². The van der Waals surface area contributed by atoms with Crippen molar-refractivity contribution in [1.29, 1.82) is 0 Å². The average molecular weight is 358 g/mol.